The van der Waals surface area contributed by atoms with Gasteiger partial charge in [0.05, 0.1) is 5.41 Å². The number of aliphatic carboxylic acids is 1. The Balaban J connectivity index is 2.19. The molecule has 0 radical (unpaired) electrons. The Morgan fingerprint density at radius 3 is 2.22 bits per heavy atom. The zero-order chi connectivity index (χ0) is 6.65. The van der Waals surface area contributed by atoms with Crippen molar-refractivity contribution in [3.63, 3.8) is 0 Å². The molecule has 9 heavy (non-hydrogen) atoms. The van der Waals surface area contributed by atoms with Crippen molar-refractivity contribution in [2.45, 2.75) is 17.7 Å². The molecule has 1 unspecified atom stereocenters. The van der Waals surface area contributed by atoms with Crippen molar-refractivity contribution in [3.05, 3.63) is 0 Å². The highest BCUT2D eigenvalue weighted by molar-refractivity contribution is 9.09. The Bertz CT molecular complexity index is 172. The third kappa shape index (κ3) is 0.418. The van der Waals surface area contributed by atoms with Crippen LogP contribution >= 0.6 is 15.9 Å². The molecule has 3 aliphatic rings. The lowest BCUT2D eigenvalue weighted by Crippen LogP contribution is -2.66. The monoisotopic (exact) mass is 190 g/mol. The van der Waals surface area contributed by atoms with Crippen LogP contribution in [0, 0.1) is 11.3 Å². The van der Waals surface area contributed by atoms with Crippen LogP contribution in [0.3, 0.4) is 0 Å². The van der Waals surface area contributed by atoms with E-state index in [0.717, 1.165) is 12.8 Å². The minimum atomic E-state index is -0.619. The summed E-state index contributed by atoms with van der Waals surface area (Å²) >= 11 is 3.35. The second-order valence-corrected chi connectivity index (χ2v) is 4.02. The van der Waals surface area contributed by atoms with Crippen molar-refractivity contribution in [2.75, 3.05) is 0 Å². The van der Waals surface area contributed by atoms with Gasteiger partial charge in [-0.15, -0.1) is 0 Å². The van der Waals surface area contributed by atoms with Crippen LogP contribution in [0.15, 0.2) is 0 Å². The van der Waals surface area contributed by atoms with Gasteiger partial charge in [-0.25, -0.2) is 0 Å². The predicted molar refractivity (Wildman–Crippen MR) is 35.5 cm³/mol. The highest BCUT2D eigenvalue weighted by Crippen LogP contribution is 2.67. The minimum Gasteiger partial charge on any atom is -0.481 e. The Hall–Kier alpha value is -0.0500. The van der Waals surface area contributed by atoms with Gasteiger partial charge < -0.3 is 5.11 Å². The van der Waals surface area contributed by atoms with E-state index in [1.54, 1.807) is 0 Å². The Morgan fingerprint density at radius 2 is 2.22 bits per heavy atom. The van der Waals surface area contributed by atoms with Crippen LogP contribution in [-0.4, -0.2) is 15.9 Å². The SMILES string of the molecule is O=C(O)C12CC(C1)C2Br. The third-order valence-corrected chi connectivity index (χ3v) is 4.24. The highest BCUT2D eigenvalue weighted by atomic mass is 79.9. The van der Waals surface area contributed by atoms with Gasteiger partial charge in [0.25, 0.3) is 0 Å². The lowest BCUT2D eigenvalue weighted by atomic mass is 9.44. The van der Waals surface area contributed by atoms with E-state index in [-0.39, 0.29) is 10.2 Å². The summed E-state index contributed by atoms with van der Waals surface area (Å²) in [6.45, 7) is 0. The largest absolute Gasteiger partial charge is 0.481 e. The molecule has 3 fully saturated rings. The van der Waals surface area contributed by atoms with Crippen LogP contribution in [0.5, 0.6) is 0 Å². The standard InChI is InChI=1S/C6H7BrO2/c7-4-3-1-6(4,2-3)5(8)9/h3-4H,1-2H2,(H,8,9). The Kier molecular flexibility index (Phi) is 0.849. The molecular formula is C6H7BrO2. The van der Waals surface area contributed by atoms with Crippen LogP contribution in [-0.2, 0) is 4.79 Å². The second kappa shape index (κ2) is 1.34. The van der Waals surface area contributed by atoms with Gasteiger partial charge in [-0.3, -0.25) is 4.79 Å². The first-order valence-electron chi connectivity index (χ1n) is 3.04. The summed E-state index contributed by atoms with van der Waals surface area (Å²) in [6.07, 6.45) is 1.80. The maximum atomic E-state index is 10.5. The number of hydrogen-bond donors (Lipinski definition) is 1. The predicted octanol–water partition coefficient (Wildman–Crippen LogP) is 1.24. The van der Waals surface area contributed by atoms with E-state index in [1.807, 2.05) is 0 Å². The summed E-state index contributed by atoms with van der Waals surface area (Å²) in [5.74, 6) is 0.0491. The summed E-state index contributed by atoms with van der Waals surface area (Å²) in [5.41, 5.74) is -0.343. The molecule has 0 aromatic carbocycles. The number of hydrogen-bond acceptors (Lipinski definition) is 1. The fourth-order valence-corrected chi connectivity index (χ4v) is 2.67. The van der Waals surface area contributed by atoms with Gasteiger partial charge >= 0.3 is 5.97 Å². The van der Waals surface area contributed by atoms with Crippen molar-refractivity contribution in [2.24, 2.45) is 11.3 Å². The molecule has 0 saturated heterocycles. The Morgan fingerprint density at radius 1 is 1.67 bits per heavy atom. The van der Waals surface area contributed by atoms with E-state index < -0.39 is 5.97 Å². The van der Waals surface area contributed by atoms with Crippen LogP contribution < -0.4 is 0 Å². The molecule has 2 bridgehead atoms. The first-order chi connectivity index (χ1) is 4.17. The number of halogens is 1. The topological polar surface area (TPSA) is 37.3 Å². The average Bonchev–Trinajstić information content (AvgIpc) is 1.60. The molecular weight excluding hydrogens is 184 g/mol. The van der Waals surface area contributed by atoms with E-state index >= 15 is 0 Å². The summed E-state index contributed by atoms with van der Waals surface area (Å²) in [6, 6.07) is 0. The lowest BCUT2D eigenvalue weighted by molar-refractivity contribution is -0.179. The maximum Gasteiger partial charge on any atom is 0.310 e. The molecule has 0 aromatic rings. The molecule has 3 aliphatic carbocycles. The number of carbonyl (C=O) groups is 1. The van der Waals surface area contributed by atoms with E-state index in [9.17, 15) is 4.79 Å². The van der Waals surface area contributed by atoms with Gasteiger partial charge in [-0.1, -0.05) is 15.9 Å². The fourth-order valence-electron chi connectivity index (χ4n) is 1.73. The van der Waals surface area contributed by atoms with Gasteiger partial charge in [0.2, 0.25) is 0 Å². The van der Waals surface area contributed by atoms with Crippen molar-refractivity contribution in [1.82, 2.24) is 0 Å². The van der Waals surface area contributed by atoms with Crippen LogP contribution in [0.4, 0.5) is 0 Å². The van der Waals surface area contributed by atoms with Gasteiger partial charge in [-0.05, 0) is 18.8 Å². The molecule has 0 aromatic heterocycles. The Labute approximate surface area is 61.4 Å². The van der Waals surface area contributed by atoms with Crippen molar-refractivity contribution >= 4 is 21.9 Å². The fraction of sp³-hybridized carbons (Fsp3) is 0.833. The molecule has 3 saturated carbocycles. The van der Waals surface area contributed by atoms with Crippen molar-refractivity contribution < 1.29 is 9.90 Å². The van der Waals surface area contributed by atoms with Crippen LogP contribution in [0.1, 0.15) is 12.8 Å². The normalized spacial score (nSPS) is 53.4. The smallest absolute Gasteiger partial charge is 0.310 e. The van der Waals surface area contributed by atoms with E-state index in [4.69, 9.17) is 5.11 Å². The number of carboxylic acid groups (broad SMARTS) is 1. The maximum absolute atomic E-state index is 10.5. The molecule has 2 nitrogen and oxygen atoms in total. The summed E-state index contributed by atoms with van der Waals surface area (Å²) in [7, 11) is 0. The zero-order valence-corrected chi connectivity index (χ0v) is 6.39. The quantitative estimate of drug-likeness (QED) is 0.633. The molecule has 0 spiro atoms. The van der Waals surface area contributed by atoms with E-state index in [0.29, 0.717) is 5.92 Å². The van der Waals surface area contributed by atoms with Crippen molar-refractivity contribution in [3.8, 4) is 0 Å². The van der Waals surface area contributed by atoms with Gasteiger partial charge in [0, 0.05) is 4.83 Å². The number of alkyl halides is 1. The summed E-state index contributed by atoms with van der Waals surface area (Å²) < 4.78 is 0. The number of rotatable bonds is 1. The summed E-state index contributed by atoms with van der Waals surface area (Å²) in [5, 5.41) is 8.67. The van der Waals surface area contributed by atoms with Gasteiger partial charge in [0.15, 0.2) is 0 Å². The lowest BCUT2D eigenvalue weighted by Gasteiger charge is -2.63. The molecule has 3 rings (SSSR count). The van der Waals surface area contributed by atoms with Crippen LogP contribution in [0.25, 0.3) is 0 Å². The second-order valence-electron chi connectivity index (χ2n) is 3.03. The molecule has 1 atom stereocenters. The molecule has 0 amide bonds. The zero-order valence-electron chi connectivity index (χ0n) is 4.80. The van der Waals surface area contributed by atoms with Crippen molar-refractivity contribution in [1.29, 1.82) is 0 Å². The van der Waals surface area contributed by atoms with E-state index in [2.05, 4.69) is 15.9 Å². The molecule has 50 valence electrons. The third-order valence-electron chi connectivity index (χ3n) is 2.62. The van der Waals surface area contributed by atoms with E-state index in [1.165, 1.54) is 0 Å². The average molecular weight is 191 g/mol. The van der Waals surface area contributed by atoms with Gasteiger partial charge in [-0.2, -0.15) is 0 Å². The first kappa shape index (κ1) is 5.71. The van der Waals surface area contributed by atoms with Crippen LogP contribution in [0.2, 0.25) is 0 Å². The minimum absolute atomic E-state index is 0.280. The highest BCUT2D eigenvalue weighted by Gasteiger charge is 2.69. The molecule has 0 heterocycles. The number of carboxylic acids is 1. The molecule has 1 N–H and O–H groups in total. The molecule has 3 heteroatoms. The first-order valence-corrected chi connectivity index (χ1v) is 3.96. The molecule has 0 aliphatic heterocycles. The summed E-state index contributed by atoms with van der Waals surface area (Å²) in [4.78, 5) is 10.8. The van der Waals surface area contributed by atoms with Gasteiger partial charge in [0.1, 0.15) is 0 Å².